The number of nitrogens with zero attached hydrogens (tertiary/aromatic N) is 3. The van der Waals surface area contributed by atoms with E-state index in [1.807, 2.05) is 0 Å². The zero-order valence-electron chi connectivity index (χ0n) is 17.0. The van der Waals surface area contributed by atoms with Crippen molar-refractivity contribution in [3.63, 3.8) is 0 Å². The van der Waals surface area contributed by atoms with E-state index >= 15 is 0 Å². The molecule has 2 saturated heterocycles. The number of ether oxygens (including phenoxy) is 2. The summed E-state index contributed by atoms with van der Waals surface area (Å²) in [4.78, 5) is 17.5. The van der Waals surface area contributed by atoms with Crippen LogP contribution in [0.25, 0.3) is 0 Å². The Bertz CT molecular complexity index is 670. The van der Waals surface area contributed by atoms with E-state index in [1.165, 1.54) is 12.1 Å². The van der Waals surface area contributed by atoms with Crippen LogP contribution in [0.5, 0.6) is 0 Å². The Morgan fingerprint density at radius 2 is 2.03 bits per heavy atom. The predicted molar refractivity (Wildman–Crippen MR) is 111 cm³/mol. The van der Waals surface area contributed by atoms with Crippen LogP contribution >= 0.6 is 0 Å². The fourth-order valence-corrected chi connectivity index (χ4v) is 3.48. The molecule has 0 spiro atoms. The molecule has 160 valence electrons. The summed E-state index contributed by atoms with van der Waals surface area (Å²) in [7, 11) is 0. The van der Waals surface area contributed by atoms with Crippen molar-refractivity contribution in [2.45, 2.75) is 38.5 Å². The third kappa shape index (κ3) is 6.95. The van der Waals surface area contributed by atoms with Crippen molar-refractivity contribution in [1.82, 2.24) is 15.5 Å². The van der Waals surface area contributed by atoms with E-state index in [1.54, 1.807) is 12.1 Å². The second-order valence-corrected chi connectivity index (χ2v) is 7.48. The van der Waals surface area contributed by atoms with Crippen molar-refractivity contribution in [1.29, 1.82) is 0 Å². The summed E-state index contributed by atoms with van der Waals surface area (Å²) >= 11 is 0. The zero-order chi connectivity index (χ0) is 20.5. The highest BCUT2D eigenvalue weighted by molar-refractivity contribution is 5.79. The number of non-ortho nitro benzene ring substituents is 1. The monoisotopic (exact) mass is 405 g/mol. The van der Waals surface area contributed by atoms with E-state index in [2.05, 4.69) is 27.4 Å². The van der Waals surface area contributed by atoms with Gasteiger partial charge in [0.25, 0.3) is 5.69 Å². The van der Waals surface area contributed by atoms with Gasteiger partial charge in [-0.05, 0) is 25.3 Å². The van der Waals surface area contributed by atoms with E-state index in [0.29, 0.717) is 12.6 Å². The van der Waals surface area contributed by atoms with Gasteiger partial charge in [-0.25, -0.2) is 4.99 Å². The van der Waals surface area contributed by atoms with Crippen molar-refractivity contribution >= 4 is 11.6 Å². The molecule has 1 aromatic carbocycles. The summed E-state index contributed by atoms with van der Waals surface area (Å²) < 4.78 is 11.1. The van der Waals surface area contributed by atoms with Crippen molar-refractivity contribution in [2.24, 2.45) is 4.99 Å². The number of guanidine groups is 1. The van der Waals surface area contributed by atoms with Gasteiger partial charge in [-0.15, -0.1) is 0 Å². The maximum absolute atomic E-state index is 10.8. The maximum Gasteiger partial charge on any atom is 0.269 e. The fraction of sp³-hybridized carbons (Fsp3) is 0.650. The molecular weight excluding hydrogens is 374 g/mol. The number of benzene rings is 1. The smallest absolute Gasteiger partial charge is 0.269 e. The Morgan fingerprint density at radius 1 is 1.28 bits per heavy atom. The highest BCUT2D eigenvalue weighted by Gasteiger charge is 2.18. The molecule has 0 bridgehead atoms. The Hall–Kier alpha value is -2.23. The molecule has 0 aliphatic carbocycles. The van der Waals surface area contributed by atoms with Crippen molar-refractivity contribution in [2.75, 3.05) is 46.0 Å². The number of nitrogens with one attached hydrogen (secondary N) is 2. The molecule has 2 heterocycles. The lowest BCUT2D eigenvalue weighted by molar-refractivity contribution is -0.384. The first kappa shape index (κ1) is 21.5. The molecule has 2 atom stereocenters. The minimum Gasteiger partial charge on any atom is -0.379 e. The summed E-state index contributed by atoms with van der Waals surface area (Å²) in [6, 6.07) is 6.88. The first-order valence-corrected chi connectivity index (χ1v) is 10.3. The highest BCUT2D eigenvalue weighted by Crippen LogP contribution is 2.13. The number of morpholine rings is 1. The van der Waals surface area contributed by atoms with Gasteiger partial charge < -0.3 is 20.1 Å². The van der Waals surface area contributed by atoms with Crippen molar-refractivity contribution < 1.29 is 14.4 Å². The predicted octanol–water partition coefficient (Wildman–Crippen LogP) is 1.53. The molecule has 9 nitrogen and oxygen atoms in total. The third-order valence-electron chi connectivity index (χ3n) is 5.32. The van der Waals surface area contributed by atoms with Crippen LogP contribution in [0.2, 0.25) is 0 Å². The average Bonchev–Trinajstić information content (AvgIpc) is 3.27. The highest BCUT2D eigenvalue weighted by atomic mass is 16.6. The van der Waals surface area contributed by atoms with Gasteiger partial charge in [-0.1, -0.05) is 12.1 Å². The van der Waals surface area contributed by atoms with Crippen LogP contribution in [0.1, 0.15) is 25.3 Å². The number of rotatable bonds is 8. The molecule has 0 aromatic heterocycles. The molecule has 2 unspecified atom stereocenters. The molecule has 0 amide bonds. The average molecular weight is 405 g/mol. The van der Waals surface area contributed by atoms with Crippen molar-refractivity contribution in [3.8, 4) is 0 Å². The number of aliphatic imine (C=N–C) groups is 1. The Morgan fingerprint density at radius 3 is 2.69 bits per heavy atom. The van der Waals surface area contributed by atoms with Crippen LogP contribution in [0.15, 0.2) is 29.3 Å². The van der Waals surface area contributed by atoms with Crippen LogP contribution < -0.4 is 10.6 Å². The standard InChI is InChI=1S/C20H31N5O4/c1-16(24-8-11-28-12-9-24)13-21-20(23-15-19-3-2-10-29-19)22-14-17-4-6-18(7-5-17)25(26)27/h4-7,16,19H,2-3,8-15H2,1H3,(H2,21,22,23). The topological polar surface area (TPSA) is 101 Å². The van der Waals surface area contributed by atoms with Crippen LogP contribution in [-0.4, -0.2) is 73.9 Å². The summed E-state index contributed by atoms with van der Waals surface area (Å²) in [6.45, 7) is 8.42. The molecule has 2 fully saturated rings. The lowest BCUT2D eigenvalue weighted by Crippen LogP contribution is -2.50. The van der Waals surface area contributed by atoms with Gasteiger partial charge in [0.05, 0.1) is 30.8 Å². The van der Waals surface area contributed by atoms with Crippen LogP contribution in [0, 0.1) is 10.1 Å². The first-order valence-electron chi connectivity index (χ1n) is 10.3. The zero-order valence-corrected chi connectivity index (χ0v) is 17.0. The van der Waals surface area contributed by atoms with E-state index in [9.17, 15) is 10.1 Å². The molecule has 2 N–H and O–H groups in total. The summed E-state index contributed by atoms with van der Waals surface area (Å²) in [6.07, 6.45) is 2.38. The number of hydrogen-bond donors (Lipinski definition) is 2. The molecule has 2 aliphatic heterocycles. The van der Waals surface area contributed by atoms with E-state index in [-0.39, 0.29) is 11.8 Å². The molecule has 3 rings (SSSR count). The van der Waals surface area contributed by atoms with Crippen LogP contribution in [0.3, 0.4) is 0 Å². The minimum absolute atomic E-state index is 0.0897. The molecule has 0 saturated carbocycles. The Kier molecular flexibility index (Phi) is 8.21. The van der Waals surface area contributed by atoms with Crippen molar-refractivity contribution in [3.05, 3.63) is 39.9 Å². The lowest BCUT2D eigenvalue weighted by Gasteiger charge is -2.32. The maximum atomic E-state index is 10.8. The lowest BCUT2D eigenvalue weighted by atomic mass is 10.2. The molecule has 1 aromatic rings. The van der Waals surface area contributed by atoms with E-state index in [0.717, 1.165) is 70.4 Å². The third-order valence-corrected chi connectivity index (χ3v) is 5.32. The molecule has 29 heavy (non-hydrogen) atoms. The second kappa shape index (κ2) is 11.1. The van der Waals surface area contributed by atoms with Gasteiger partial charge in [0.2, 0.25) is 0 Å². The molecule has 0 radical (unpaired) electrons. The summed E-state index contributed by atoms with van der Waals surface area (Å²) in [5, 5.41) is 17.6. The normalized spacial score (nSPS) is 21.7. The van der Waals surface area contributed by atoms with Gasteiger partial charge in [-0.3, -0.25) is 15.0 Å². The van der Waals surface area contributed by atoms with Gasteiger partial charge in [0, 0.05) is 51.0 Å². The number of nitro benzene ring substituents is 1. The van der Waals surface area contributed by atoms with Crippen LogP contribution in [-0.2, 0) is 16.0 Å². The largest absolute Gasteiger partial charge is 0.379 e. The van der Waals surface area contributed by atoms with Gasteiger partial charge in [0.15, 0.2) is 5.96 Å². The number of nitro groups is 1. The molecular formula is C20H31N5O4. The van der Waals surface area contributed by atoms with E-state index in [4.69, 9.17) is 9.47 Å². The SMILES string of the molecule is CC(CNC(=NCc1ccc([N+](=O)[O-])cc1)NCC1CCCO1)N1CCOCC1. The van der Waals surface area contributed by atoms with Gasteiger partial charge >= 0.3 is 0 Å². The first-order chi connectivity index (χ1) is 14.1. The Balaban J connectivity index is 1.56. The summed E-state index contributed by atoms with van der Waals surface area (Å²) in [5.74, 6) is 0.735. The van der Waals surface area contributed by atoms with E-state index < -0.39 is 4.92 Å². The summed E-state index contributed by atoms with van der Waals surface area (Å²) in [5.41, 5.74) is 1.02. The number of hydrogen-bond acceptors (Lipinski definition) is 6. The second-order valence-electron chi connectivity index (χ2n) is 7.48. The minimum atomic E-state index is -0.393. The van der Waals surface area contributed by atoms with Gasteiger partial charge in [0.1, 0.15) is 0 Å². The quantitative estimate of drug-likeness (QED) is 0.293. The molecule has 2 aliphatic rings. The Labute approximate surface area is 171 Å². The fourth-order valence-electron chi connectivity index (χ4n) is 3.48. The van der Waals surface area contributed by atoms with Gasteiger partial charge in [-0.2, -0.15) is 0 Å². The van der Waals surface area contributed by atoms with Crippen LogP contribution in [0.4, 0.5) is 5.69 Å². The molecule has 9 heteroatoms.